The van der Waals surface area contributed by atoms with E-state index in [-0.39, 0.29) is 5.91 Å². The lowest BCUT2D eigenvalue weighted by atomic mass is 10.2. The molecule has 3 N–H and O–H groups in total. The van der Waals surface area contributed by atoms with Gasteiger partial charge in [0.25, 0.3) is 5.91 Å². The molecule has 0 aliphatic heterocycles. The Morgan fingerprint density at radius 3 is 2.65 bits per heavy atom. The van der Waals surface area contributed by atoms with Crippen LogP contribution in [0.1, 0.15) is 23.7 Å². The summed E-state index contributed by atoms with van der Waals surface area (Å²) in [6.45, 7) is 2.14. The van der Waals surface area contributed by atoms with Gasteiger partial charge in [-0.05, 0) is 42.5 Å². The lowest BCUT2D eigenvalue weighted by molar-refractivity contribution is 0.102. The number of hydrogen-bond acceptors (Lipinski definition) is 3. The van der Waals surface area contributed by atoms with Crippen LogP contribution in [0.15, 0.2) is 53.4 Å². The van der Waals surface area contributed by atoms with E-state index in [0.29, 0.717) is 16.9 Å². The van der Waals surface area contributed by atoms with Gasteiger partial charge >= 0.3 is 0 Å². The first-order chi connectivity index (χ1) is 9.70. The van der Waals surface area contributed by atoms with Crippen LogP contribution in [0.4, 0.5) is 11.4 Å². The minimum atomic E-state index is -0.144. The predicted octanol–water partition coefficient (Wildman–Crippen LogP) is 4.02. The highest BCUT2D eigenvalue weighted by Crippen LogP contribution is 2.27. The van der Waals surface area contributed by atoms with Crippen LogP contribution in [0.2, 0.25) is 0 Å². The molecule has 0 fully saturated rings. The molecule has 1 amide bonds. The van der Waals surface area contributed by atoms with Crippen LogP contribution in [-0.2, 0) is 0 Å². The number of hydrogen-bond donors (Lipinski definition) is 2. The van der Waals surface area contributed by atoms with Gasteiger partial charge in [0.15, 0.2) is 0 Å². The van der Waals surface area contributed by atoms with Crippen LogP contribution in [0.25, 0.3) is 0 Å². The zero-order valence-corrected chi connectivity index (χ0v) is 12.2. The molecular weight excluding hydrogens is 268 g/mol. The molecule has 4 heteroatoms. The number of carbonyl (C=O) groups is 1. The second kappa shape index (κ2) is 7.01. The summed E-state index contributed by atoms with van der Waals surface area (Å²) in [6.07, 6.45) is 1.11. The highest BCUT2D eigenvalue weighted by molar-refractivity contribution is 7.99. The van der Waals surface area contributed by atoms with Crippen molar-refractivity contribution in [2.24, 2.45) is 0 Å². The standard InChI is InChI=1S/C16H18N2OS/c1-2-10-20-13-8-9-14(17)15(11-13)18-16(19)12-6-4-3-5-7-12/h3-9,11H,2,10,17H2,1H3,(H,18,19). The first kappa shape index (κ1) is 14.5. The quantitative estimate of drug-likeness (QED) is 0.644. The molecule has 2 aromatic rings. The molecule has 0 aliphatic rings. The van der Waals surface area contributed by atoms with E-state index in [2.05, 4.69) is 12.2 Å². The van der Waals surface area contributed by atoms with E-state index in [9.17, 15) is 4.79 Å². The van der Waals surface area contributed by atoms with Crippen LogP contribution in [0, 0.1) is 0 Å². The van der Waals surface area contributed by atoms with Gasteiger partial charge in [0.05, 0.1) is 11.4 Å². The van der Waals surface area contributed by atoms with E-state index in [1.165, 1.54) is 0 Å². The molecule has 0 atom stereocenters. The first-order valence-corrected chi connectivity index (χ1v) is 7.58. The lowest BCUT2D eigenvalue weighted by Crippen LogP contribution is -2.13. The SMILES string of the molecule is CCCSc1ccc(N)c(NC(=O)c2ccccc2)c1. The summed E-state index contributed by atoms with van der Waals surface area (Å²) in [5, 5.41) is 2.87. The molecule has 0 aromatic heterocycles. The van der Waals surface area contributed by atoms with Crippen molar-refractivity contribution in [2.45, 2.75) is 18.2 Å². The van der Waals surface area contributed by atoms with E-state index in [1.54, 1.807) is 23.9 Å². The van der Waals surface area contributed by atoms with Crippen molar-refractivity contribution < 1.29 is 4.79 Å². The monoisotopic (exact) mass is 286 g/mol. The van der Waals surface area contributed by atoms with E-state index in [4.69, 9.17) is 5.73 Å². The largest absolute Gasteiger partial charge is 0.397 e. The molecule has 0 saturated heterocycles. The number of benzene rings is 2. The molecule has 0 heterocycles. The number of rotatable bonds is 5. The fourth-order valence-electron chi connectivity index (χ4n) is 1.74. The number of nitrogen functional groups attached to an aromatic ring is 1. The van der Waals surface area contributed by atoms with E-state index >= 15 is 0 Å². The maximum Gasteiger partial charge on any atom is 0.255 e. The summed E-state index contributed by atoms with van der Waals surface area (Å²) in [7, 11) is 0. The molecule has 0 spiro atoms. The Morgan fingerprint density at radius 2 is 1.95 bits per heavy atom. The molecule has 0 saturated carbocycles. The summed E-state index contributed by atoms with van der Waals surface area (Å²) in [5.41, 5.74) is 7.79. The molecule has 2 aromatic carbocycles. The Morgan fingerprint density at radius 1 is 1.20 bits per heavy atom. The summed E-state index contributed by atoms with van der Waals surface area (Å²) in [4.78, 5) is 13.2. The maximum absolute atomic E-state index is 12.1. The van der Waals surface area contributed by atoms with E-state index < -0.39 is 0 Å². The van der Waals surface area contributed by atoms with Crippen molar-refractivity contribution in [3.05, 3.63) is 54.1 Å². The van der Waals surface area contributed by atoms with Crippen molar-refractivity contribution in [3.63, 3.8) is 0 Å². The second-order valence-electron chi connectivity index (χ2n) is 4.42. The fraction of sp³-hybridized carbons (Fsp3) is 0.188. The number of carbonyl (C=O) groups excluding carboxylic acids is 1. The number of amides is 1. The molecule has 3 nitrogen and oxygen atoms in total. The minimum Gasteiger partial charge on any atom is -0.397 e. The van der Waals surface area contributed by atoms with Crippen molar-refractivity contribution in [1.82, 2.24) is 0 Å². The Hall–Kier alpha value is -1.94. The molecule has 0 radical (unpaired) electrons. The normalized spacial score (nSPS) is 10.2. The van der Waals surface area contributed by atoms with Gasteiger partial charge in [0.1, 0.15) is 0 Å². The van der Waals surface area contributed by atoms with Crippen LogP contribution >= 0.6 is 11.8 Å². The molecular formula is C16H18N2OS. The summed E-state index contributed by atoms with van der Waals surface area (Å²) >= 11 is 1.76. The number of nitrogens with two attached hydrogens (primary N) is 1. The third-order valence-corrected chi connectivity index (χ3v) is 3.98. The van der Waals surface area contributed by atoms with Gasteiger partial charge in [0.2, 0.25) is 0 Å². The number of anilines is 2. The molecule has 0 aliphatic carbocycles. The highest BCUT2D eigenvalue weighted by Gasteiger charge is 2.08. The van der Waals surface area contributed by atoms with Gasteiger partial charge in [-0.1, -0.05) is 25.1 Å². The average molecular weight is 286 g/mol. The van der Waals surface area contributed by atoms with Gasteiger partial charge in [0, 0.05) is 10.5 Å². The van der Waals surface area contributed by atoms with Crippen molar-refractivity contribution in [3.8, 4) is 0 Å². The second-order valence-corrected chi connectivity index (χ2v) is 5.59. The van der Waals surface area contributed by atoms with E-state index in [0.717, 1.165) is 17.1 Å². The minimum absolute atomic E-state index is 0.144. The Labute approximate surface area is 123 Å². The number of nitrogens with one attached hydrogen (secondary N) is 1. The van der Waals surface area contributed by atoms with Gasteiger partial charge < -0.3 is 11.1 Å². The molecule has 104 valence electrons. The fourth-order valence-corrected chi connectivity index (χ4v) is 2.54. The molecule has 20 heavy (non-hydrogen) atoms. The van der Waals surface area contributed by atoms with Gasteiger partial charge in [-0.25, -0.2) is 0 Å². The third-order valence-electron chi connectivity index (χ3n) is 2.78. The average Bonchev–Trinajstić information content (AvgIpc) is 2.49. The lowest BCUT2D eigenvalue weighted by Gasteiger charge is -2.10. The van der Waals surface area contributed by atoms with Crippen LogP contribution < -0.4 is 11.1 Å². The van der Waals surface area contributed by atoms with Crippen LogP contribution in [-0.4, -0.2) is 11.7 Å². The molecule has 0 unspecified atom stereocenters. The van der Waals surface area contributed by atoms with Gasteiger partial charge in [-0.3, -0.25) is 4.79 Å². The molecule has 2 rings (SSSR count). The smallest absolute Gasteiger partial charge is 0.255 e. The van der Waals surface area contributed by atoms with Crippen molar-refractivity contribution in [2.75, 3.05) is 16.8 Å². The number of thioether (sulfide) groups is 1. The summed E-state index contributed by atoms with van der Waals surface area (Å²) in [6, 6.07) is 14.9. The zero-order valence-electron chi connectivity index (χ0n) is 11.4. The topological polar surface area (TPSA) is 55.1 Å². The molecule has 0 bridgehead atoms. The van der Waals surface area contributed by atoms with Crippen molar-refractivity contribution in [1.29, 1.82) is 0 Å². The van der Waals surface area contributed by atoms with Crippen molar-refractivity contribution >= 4 is 29.0 Å². The van der Waals surface area contributed by atoms with Gasteiger partial charge in [-0.2, -0.15) is 0 Å². The Balaban J connectivity index is 2.14. The van der Waals surface area contributed by atoms with E-state index in [1.807, 2.05) is 36.4 Å². The third kappa shape index (κ3) is 3.78. The van der Waals surface area contributed by atoms with Crippen LogP contribution in [0.5, 0.6) is 0 Å². The summed E-state index contributed by atoms with van der Waals surface area (Å²) < 4.78 is 0. The predicted molar refractivity (Wildman–Crippen MR) is 86.3 cm³/mol. The van der Waals surface area contributed by atoms with Crippen LogP contribution in [0.3, 0.4) is 0 Å². The van der Waals surface area contributed by atoms with Gasteiger partial charge in [-0.15, -0.1) is 11.8 Å². The summed E-state index contributed by atoms with van der Waals surface area (Å²) in [5.74, 6) is 0.908. The zero-order chi connectivity index (χ0) is 14.4. The highest BCUT2D eigenvalue weighted by atomic mass is 32.2. The maximum atomic E-state index is 12.1. The Kier molecular flexibility index (Phi) is 5.07. The Bertz CT molecular complexity index is 584. The first-order valence-electron chi connectivity index (χ1n) is 6.59.